The molecule has 0 bridgehead atoms. The van der Waals surface area contributed by atoms with Crippen molar-refractivity contribution < 1.29 is 28.2 Å². The smallest absolute Gasteiger partial charge is 0.348 e. The van der Waals surface area contributed by atoms with Crippen molar-refractivity contribution in [1.82, 2.24) is 0 Å². The Morgan fingerprint density at radius 3 is 2.62 bits per heavy atom. The summed E-state index contributed by atoms with van der Waals surface area (Å²) in [5.74, 6) is 0.0780. The van der Waals surface area contributed by atoms with Crippen LogP contribution in [-0.4, -0.2) is 32.9 Å². The van der Waals surface area contributed by atoms with E-state index in [1.54, 1.807) is 50.4 Å². The molecule has 0 fully saturated rings. The summed E-state index contributed by atoms with van der Waals surface area (Å²) in [4.78, 5) is 25.6. The van der Waals surface area contributed by atoms with Gasteiger partial charge in [-0.05, 0) is 25.1 Å². The van der Waals surface area contributed by atoms with Gasteiger partial charge in [0.1, 0.15) is 22.8 Å². The molecule has 0 amide bonds. The number of fused-ring (bicyclic) bond motifs is 3. The van der Waals surface area contributed by atoms with Gasteiger partial charge < -0.3 is 23.4 Å². The lowest BCUT2D eigenvalue weighted by molar-refractivity contribution is -0.151. The van der Waals surface area contributed by atoms with E-state index >= 15 is 0 Å². The van der Waals surface area contributed by atoms with Crippen LogP contribution in [0.4, 0.5) is 0 Å². The van der Waals surface area contributed by atoms with E-state index in [1.807, 2.05) is 6.07 Å². The van der Waals surface area contributed by atoms with E-state index in [0.29, 0.717) is 33.8 Å². The standard InChI is InChI=1S/C22H20O7/c1-4-27-22(24)20-17(13-10-9-12(25-2)11-16(13)26-3)18-19(29-20)14-7-5-6-8-15(14)28-21(18)23/h5-11,17,20H,4H2,1-3H3. The molecule has 2 aromatic carbocycles. The van der Waals surface area contributed by atoms with E-state index < -0.39 is 23.6 Å². The summed E-state index contributed by atoms with van der Waals surface area (Å²) in [7, 11) is 3.06. The Balaban J connectivity index is 1.97. The quantitative estimate of drug-likeness (QED) is 0.483. The van der Waals surface area contributed by atoms with Crippen LogP contribution in [0.2, 0.25) is 0 Å². The van der Waals surface area contributed by atoms with Gasteiger partial charge in [-0.15, -0.1) is 0 Å². The number of hydrogen-bond acceptors (Lipinski definition) is 7. The molecule has 1 aliphatic heterocycles. The first-order valence-electron chi connectivity index (χ1n) is 9.20. The number of carbonyl (C=O) groups is 1. The van der Waals surface area contributed by atoms with Crippen LogP contribution in [0.1, 0.15) is 24.0 Å². The molecule has 1 aliphatic rings. The van der Waals surface area contributed by atoms with Gasteiger partial charge in [-0.3, -0.25) is 0 Å². The molecule has 4 rings (SSSR count). The first kappa shape index (κ1) is 18.9. The van der Waals surface area contributed by atoms with E-state index in [-0.39, 0.29) is 12.2 Å². The van der Waals surface area contributed by atoms with Crippen molar-refractivity contribution in [2.24, 2.45) is 0 Å². The minimum Gasteiger partial charge on any atom is -0.497 e. The molecule has 0 N–H and O–H groups in total. The molecule has 1 aromatic heterocycles. The van der Waals surface area contributed by atoms with E-state index in [0.717, 1.165) is 0 Å². The summed E-state index contributed by atoms with van der Waals surface area (Å²) < 4.78 is 27.5. The second-order valence-corrected chi connectivity index (χ2v) is 6.50. The van der Waals surface area contributed by atoms with Gasteiger partial charge in [0.15, 0.2) is 0 Å². The normalized spacial score (nSPS) is 17.5. The highest BCUT2D eigenvalue weighted by Gasteiger charge is 2.46. The predicted octanol–water partition coefficient (Wildman–Crippen LogP) is 3.27. The van der Waals surface area contributed by atoms with Gasteiger partial charge in [-0.1, -0.05) is 18.2 Å². The fourth-order valence-electron chi connectivity index (χ4n) is 3.68. The average molecular weight is 396 g/mol. The topological polar surface area (TPSA) is 84.2 Å². The van der Waals surface area contributed by atoms with Crippen molar-refractivity contribution in [3.8, 4) is 17.2 Å². The largest absolute Gasteiger partial charge is 0.497 e. The van der Waals surface area contributed by atoms with Crippen LogP contribution in [0, 0.1) is 0 Å². The van der Waals surface area contributed by atoms with Crippen molar-refractivity contribution in [3.63, 3.8) is 0 Å². The van der Waals surface area contributed by atoms with Crippen LogP contribution >= 0.6 is 0 Å². The molecule has 0 saturated carbocycles. The zero-order valence-electron chi connectivity index (χ0n) is 16.3. The predicted molar refractivity (Wildman–Crippen MR) is 105 cm³/mol. The Morgan fingerprint density at radius 1 is 1.10 bits per heavy atom. The van der Waals surface area contributed by atoms with Gasteiger partial charge in [0.2, 0.25) is 6.10 Å². The molecule has 2 unspecified atom stereocenters. The number of para-hydroxylation sites is 1. The molecule has 0 spiro atoms. The van der Waals surface area contributed by atoms with Gasteiger partial charge in [0, 0.05) is 11.6 Å². The lowest BCUT2D eigenvalue weighted by Crippen LogP contribution is -2.32. The summed E-state index contributed by atoms with van der Waals surface area (Å²) in [6.07, 6.45) is -1.04. The molecule has 7 nitrogen and oxygen atoms in total. The monoisotopic (exact) mass is 396 g/mol. The Labute approximate surface area is 166 Å². The zero-order valence-corrected chi connectivity index (χ0v) is 16.3. The van der Waals surface area contributed by atoms with Crippen LogP contribution in [0.15, 0.2) is 51.7 Å². The lowest BCUT2D eigenvalue weighted by Gasteiger charge is -2.20. The molecule has 2 heterocycles. The summed E-state index contributed by atoms with van der Waals surface area (Å²) in [6, 6.07) is 12.2. The summed E-state index contributed by atoms with van der Waals surface area (Å²) in [5.41, 5.74) is 0.701. The minimum absolute atomic E-state index is 0.191. The van der Waals surface area contributed by atoms with Gasteiger partial charge in [0.05, 0.1) is 37.7 Å². The van der Waals surface area contributed by atoms with Gasteiger partial charge in [-0.25, -0.2) is 9.59 Å². The maximum atomic E-state index is 12.9. The van der Waals surface area contributed by atoms with Crippen molar-refractivity contribution in [1.29, 1.82) is 0 Å². The third-order valence-corrected chi connectivity index (χ3v) is 4.95. The van der Waals surface area contributed by atoms with Crippen molar-refractivity contribution in [2.45, 2.75) is 18.9 Å². The first-order chi connectivity index (χ1) is 14.1. The van der Waals surface area contributed by atoms with E-state index in [1.165, 1.54) is 7.11 Å². The molecule has 7 heteroatoms. The molecular formula is C22H20O7. The Kier molecular flexibility index (Phi) is 4.88. The number of methoxy groups -OCH3 is 2. The van der Waals surface area contributed by atoms with Crippen molar-refractivity contribution >= 4 is 16.9 Å². The molecule has 0 radical (unpaired) electrons. The fourth-order valence-corrected chi connectivity index (χ4v) is 3.68. The first-order valence-corrected chi connectivity index (χ1v) is 9.20. The summed E-state index contributed by atoms with van der Waals surface area (Å²) >= 11 is 0. The maximum Gasteiger partial charge on any atom is 0.348 e. The highest BCUT2D eigenvalue weighted by molar-refractivity contribution is 5.88. The number of ether oxygens (including phenoxy) is 4. The zero-order chi connectivity index (χ0) is 20.5. The molecule has 29 heavy (non-hydrogen) atoms. The third-order valence-electron chi connectivity index (χ3n) is 4.95. The van der Waals surface area contributed by atoms with Gasteiger partial charge in [-0.2, -0.15) is 0 Å². The molecular weight excluding hydrogens is 376 g/mol. The van der Waals surface area contributed by atoms with Crippen LogP contribution in [0.25, 0.3) is 11.0 Å². The third kappa shape index (κ3) is 3.08. The van der Waals surface area contributed by atoms with Crippen LogP contribution < -0.4 is 19.8 Å². The lowest BCUT2D eigenvalue weighted by atomic mass is 9.87. The highest BCUT2D eigenvalue weighted by atomic mass is 16.6. The van der Waals surface area contributed by atoms with Crippen LogP contribution in [0.3, 0.4) is 0 Å². The molecule has 0 aliphatic carbocycles. The van der Waals surface area contributed by atoms with E-state index in [9.17, 15) is 9.59 Å². The maximum absolute atomic E-state index is 12.9. The summed E-state index contributed by atoms with van der Waals surface area (Å²) in [6.45, 7) is 1.91. The number of hydrogen-bond donors (Lipinski definition) is 0. The number of benzene rings is 2. The second-order valence-electron chi connectivity index (χ2n) is 6.50. The number of esters is 1. The van der Waals surface area contributed by atoms with E-state index in [2.05, 4.69) is 0 Å². The highest BCUT2D eigenvalue weighted by Crippen LogP contribution is 2.47. The SMILES string of the molecule is CCOC(=O)C1Oc2c(c(=O)oc3ccccc23)C1c1ccc(OC)cc1OC. The van der Waals surface area contributed by atoms with Crippen molar-refractivity contribution in [2.75, 3.05) is 20.8 Å². The second kappa shape index (κ2) is 7.50. The molecule has 3 aromatic rings. The number of carbonyl (C=O) groups excluding carboxylic acids is 1. The van der Waals surface area contributed by atoms with Crippen molar-refractivity contribution in [3.05, 3.63) is 64.0 Å². The number of rotatable bonds is 5. The average Bonchev–Trinajstić information content (AvgIpc) is 3.15. The van der Waals surface area contributed by atoms with Crippen LogP contribution in [0.5, 0.6) is 17.2 Å². The molecule has 2 atom stereocenters. The summed E-state index contributed by atoms with van der Waals surface area (Å²) in [5, 5.41) is 0.617. The van der Waals surface area contributed by atoms with Gasteiger partial charge >= 0.3 is 11.6 Å². The Bertz CT molecular complexity index is 1130. The Hall–Kier alpha value is -3.48. The van der Waals surface area contributed by atoms with E-state index in [4.69, 9.17) is 23.4 Å². The minimum atomic E-state index is -1.04. The Morgan fingerprint density at radius 2 is 1.90 bits per heavy atom. The van der Waals surface area contributed by atoms with Crippen LogP contribution in [-0.2, 0) is 9.53 Å². The van der Waals surface area contributed by atoms with Gasteiger partial charge in [0.25, 0.3) is 0 Å². The molecule has 0 saturated heterocycles. The fraction of sp³-hybridized carbons (Fsp3) is 0.273. The molecule has 150 valence electrons.